The summed E-state index contributed by atoms with van der Waals surface area (Å²) in [5.74, 6) is -2.68. The van der Waals surface area contributed by atoms with Crippen LogP contribution in [0.3, 0.4) is 0 Å². The Morgan fingerprint density at radius 1 is 1.09 bits per heavy atom. The van der Waals surface area contributed by atoms with E-state index in [0.717, 1.165) is 16.6 Å². The summed E-state index contributed by atoms with van der Waals surface area (Å²) in [6.45, 7) is 0.310. The molecule has 3 N–H and O–H groups in total. The number of nitrogens with one attached hydrogen (secondary N) is 2. The van der Waals surface area contributed by atoms with E-state index in [1.807, 2.05) is 0 Å². The number of halogens is 2. The first kappa shape index (κ1) is 32.4. The highest BCUT2D eigenvalue weighted by molar-refractivity contribution is 7.92. The highest BCUT2D eigenvalue weighted by Crippen LogP contribution is 2.42. The molecule has 0 bridgehead atoms. The van der Waals surface area contributed by atoms with Gasteiger partial charge in [-0.1, -0.05) is 18.2 Å². The van der Waals surface area contributed by atoms with E-state index >= 15 is 0 Å². The van der Waals surface area contributed by atoms with E-state index in [-0.39, 0.29) is 41.2 Å². The largest absolute Gasteiger partial charge is 0.465 e. The first-order valence-corrected chi connectivity index (χ1v) is 16.2. The molecule has 1 saturated heterocycles. The zero-order valence-corrected chi connectivity index (χ0v) is 26.0. The predicted octanol–water partition coefficient (Wildman–Crippen LogP) is 4.85. The van der Waals surface area contributed by atoms with Crippen LogP contribution in [0.15, 0.2) is 65.1 Å². The average Bonchev–Trinajstić information content (AvgIpc) is 3.40. The first-order valence-electron chi connectivity index (χ1n) is 14.3. The maximum absolute atomic E-state index is 14.7. The minimum absolute atomic E-state index is 0.0547. The van der Waals surface area contributed by atoms with E-state index in [9.17, 15) is 36.7 Å². The summed E-state index contributed by atoms with van der Waals surface area (Å²) in [4.78, 5) is 40.0. The molecule has 1 fully saturated rings. The highest BCUT2D eigenvalue weighted by Gasteiger charge is 2.35. The lowest BCUT2D eigenvalue weighted by Crippen LogP contribution is -2.46. The third-order valence-electron chi connectivity index (χ3n) is 8.14. The lowest BCUT2D eigenvalue weighted by molar-refractivity contribution is -0.134. The van der Waals surface area contributed by atoms with Gasteiger partial charge in [0.2, 0.25) is 15.9 Å². The summed E-state index contributed by atoms with van der Waals surface area (Å²) in [5.41, 5.74) is 1.43. The number of nitrogens with zero attached hydrogens (tertiary/aromatic N) is 2. The number of likely N-dealkylation sites (tertiary alicyclic amines) is 1. The minimum atomic E-state index is -3.79. The fourth-order valence-corrected chi connectivity index (χ4v) is 6.32. The lowest BCUT2D eigenvalue weighted by atomic mass is 9.87. The van der Waals surface area contributed by atoms with Crippen LogP contribution < -0.4 is 14.9 Å². The number of fused-ring (bicyclic) bond motifs is 1. The highest BCUT2D eigenvalue weighted by atomic mass is 32.2. The van der Waals surface area contributed by atoms with E-state index < -0.39 is 51.5 Å². The zero-order chi connectivity index (χ0) is 33.3. The van der Waals surface area contributed by atoms with Crippen LogP contribution >= 0.6 is 0 Å². The molecular formula is C32H32F2N4O7S. The van der Waals surface area contributed by atoms with Gasteiger partial charge in [-0.15, -0.1) is 0 Å². The van der Waals surface area contributed by atoms with Gasteiger partial charge in [0.15, 0.2) is 0 Å². The van der Waals surface area contributed by atoms with Crippen molar-refractivity contribution in [3.8, 4) is 11.3 Å². The second-order valence-corrected chi connectivity index (χ2v) is 13.1. The topological polar surface area (TPSA) is 149 Å². The maximum Gasteiger partial charge on any atom is 0.405 e. The number of sulfonamides is 1. The molecule has 2 atom stereocenters. The van der Waals surface area contributed by atoms with Crippen LogP contribution in [0.4, 0.5) is 19.3 Å². The number of amides is 3. The fourth-order valence-electron chi connectivity index (χ4n) is 5.80. The number of hydrogen-bond acceptors (Lipinski definition) is 6. The number of hydrogen-bond donors (Lipinski definition) is 3. The Hall–Kier alpha value is -4.98. The molecule has 242 valence electrons. The van der Waals surface area contributed by atoms with Gasteiger partial charge >= 0.3 is 6.09 Å². The van der Waals surface area contributed by atoms with Gasteiger partial charge in [0.25, 0.3) is 5.91 Å². The number of carboxylic acid groups (broad SMARTS) is 1. The van der Waals surface area contributed by atoms with Crippen LogP contribution in [-0.4, -0.2) is 69.8 Å². The third kappa shape index (κ3) is 6.38. The fraction of sp³-hybridized carbons (Fsp3) is 0.281. The Bertz CT molecular complexity index is 1930. The Morgan fingerprint density at radius 2 is 1.78 bits per heavy atom. The first-order chi connectivity index (χ1) is 21.8. The van der Waals surface area contributed by atoms with Gasteiger partial charge < -0.3 is 25.1 Å². The molecule has 4 aromatic rings. The molecule has 0 radical (unpaired) electrons. The van der Waals surface area contributed by atoms with E-state index in [0.29, 0.717) is 29.4 Å². The van der Waals surface area contributed by atoms with Gasteiger partial charge in [0.1, 0.15) is 29.0 Å². The summed E-state index contributed by atoms with van der Waals surface area (Å²) < 4.78 is 61.1. The van der Waals surface area contributed by atoms with Crippen molar-refractivity contribution in [1.29, 1.82) is 0 Å². The van der Waals surface area contributed by atoms with Gasteiger partial charge in [0, 0.05) is 55.7 Å². The minimum Gasteiger partial charge on any atom is -0.465 e. The number of rotatable bonds is 8. The summed E-state index contributed by atoms with van der Waals surface area (Å²) in [6, 6.07) is 12.4. The number of carbonyl (C=O) groups excluding carboxylic acids is 2. The molecule has 3 amide bonds. The number of carbonyl (C=O) groups is 3. The van der Waals surface area contributed by atoms with Gasteiger partial charge in [-0.3, -0.25) is 13.9 Å². The number of anilines is 1. The molecule has 0 spiro atoms. The van der Waals surface area contributed by atoms with Gasteiger partial charge in [-0.2, -0.15) is 0 Å². The smallest absolute Gasteiger partial charge is 0.405 e. The molecular weight excluding hydrogens is 622 g/mol. The number of benzene rings is 3. The van der Waals surface area contributed by atoms with E-state index in [2.05, 4.69) is 10.6 Å². The van der Waals surface area contributed by atoms with Crippen LogP contribution in [-0.2, 0) is 14.8 Å². The van der Waals surface area contributed by atoms with Gasteiger partial charge in [-0.25, -0.2) is 22.0 Å². The van der Waals surface area contributed by atoms with Crippen molar-refractivity contribution in [3.63, 3.8) is 0 Å². The van der Waals surface area contributed by atoms with E-state index in [1.165, 1.54) is 67.5 Å². The van der Waals surface area contributed by atoms with Crippen LogP contribution in [0.2, 0.25) is 0 Å². The molecule has 1 unspecified atom stereocenters. The summed E-state index contributed by atoms with van der Waals surface area (Å²) in [7, 11) is -0.968. The molecule has 11 nitrogen and oxygen atoms in total. The normalized spacial score (nSPS) is 15.8. The predicted molar refractivity (Wildman–Crippen MR) is 167 cm³/mol. The molecule has 2 heterocycles. The number of furan rings is 1. The third-order valence-corrected chi connectivity index (χ3v) is 9.33. The van der Waals surface area contributed by atoms with Crippen molar-refractivity contribution < 1.29 is 41.1 Å². The van der Waals surface area contributed by atoms with E-state index in [1.54, 1.807) is 6.07 Å². The molecule has 3 aromatic carbocycles. The molecule has 0 saturated carbocycles. The SMILES string of the molecule is CNC(=O)c1c(-c2ccc(F)cc2)oc2cc(N(C)S(C)(=O)=O)c([C@H]3CCCN(C(=O)C(NC(=O)O)c4ccccc4F)C3)cc12. The molecule has 46 heavy (non-hydrogen) atoms. The van der Waals surface area contributed by atoms with Crippen molar-refractivity contribution in [2.24, 2.45) is 0 Å². The zero-order valence-electron chi connectivity index (χ0n) is 25.2. The quantitative estimate of drug-likeness (QED) is 0.246. The standard InChI is InChI=1S/C32H32F2N4O7S/c1-35-30(39)27-23-15-22(25(37(2)46(3,43)44)16-26(23)45-29(27)18-10-12-20(33)13-11-18)19-7-6-14-38(17-19)31(40)28(36-32(41)42)21-8-4-5-9-24(21)34/h4-5,8-13,15-16,19,28,36H,6-7,14,17H2,1-3H3,(H,35,39)(H,41,42)/t19-,28?/m0/s1. The molecule has 1 aliphatic heterocycles. The van der Waals surface area contributed by atoms with Gasteiger partial charge in [-0.05, 0) is 54.8 Å². The van der Waals surface area contributed by atoms with Crippen molar-refractivity contribution >= 4 is 44.6 Å². The Kier molecular flexibility index (Phi) is 9.01. The van der Waals surface area contributed by atoms with Crippen molar-refractivity contribution in [3.05, 3.63) is 89.0 Å². The molecule has 1 aliphatic rings. The van der Waals surface area contributed by atoms with E-state index in [4.69, 9.17) is 4.42 Å². The second-order valence-electron chi connectivity index (χ2n) is 11.1. The summed E-state index contributed by atoms with van der Waals surface area (Å²) in [5, 5.41) is 14.5. The van der Waals surface area contributed by atoms with Crippen LogP contribution in [0.25, 0.3) is 22.3 Å². The van der Waals surface area contributed by atoms with Crippen molar-refractivity contribution in [2.45, 2.75) is 24.8 Å². The lowest BCUT2D eigenvalue weighted by Gasteiger charge is -2.36. The average molecular weight is 655 g/mol. The maximum atomic E-state index is 14.7. The summed E-state index contributed by atoms with van der Waals surface area (Å²) >= 11 is 0. The molecule has 0 aliphatic carbocycles. The second kappa shape index (κ2) is 12.8. The Labute approximate surface area is 263 Å². The Balaban J connectivity index is 1.63. The van der Waals surface area contributed by atoms with Gasteiger partial charge in [0.05, 0.1) is 17.5 Å². The molecule has 5 rings (SSSR count). The van der Waals surface area contributed by atoms with Crippen LogP contribution in [0.5, 0.6) is 0 Å². The van der Waals surface area contributed by atoms with Crippen LogP contribution in [0, 0.1) is 11.6 Å². The number of piperidine rings is 1. The molecule has 14 heteroatoms. The molecule has 1 aromatic heterocycles. The van der Waals surface area contributed by atoms with Crippen molar-refractivity contribution in [1.82, 2.24) is 15.5 Å². The Morgan fingerprint density at radius 3 is 2.41 bits per heavy atom. The monoisotopic (exact) mass is 654 g/mol. The summed E-state index contributed by atoms with van der Waals surface area (Å²) in [6.07, 6.45) is 0.531. The van der Waals surface area contributed by atoms with Crippen molar-refractivity contribution in [2.75, 3.05) is 37.7 Å². The van der Waals surface area contributed by atoms with Crippen LogP contribution in [0.1, 0.15) is 46.3 Å².